The molecule has 2 heterocycles. The molecule has 6 heteroatoms. The Morgan fingerprint density at radius 3 is 2.75 bits per heavy atom. The predicted molar refractivity (Wildman–Crippen MR) is 113 cm³/mol. The van der Waals surface area contributed by atoms with Crippen LogP contribution >= 0.6 is 11.3 Å². The Morgan fingerprint density at radius 1 is 1.25 bits per heavy atom. The second-order valence-corrected chi connectivity index (χ2v) is 8.59. The van der Waals surface area contributed by atoms with Crippen LogP contribution in [-0.4, -0.2) is 15.5 Å². The minimum absolute atomic E-state index is 0.00520. The summed E-state index contributed by atoms with van der Waals surface area (Å²) in [5.74, 6) is -0.167. The van der Waals surface area contributed by atoms with Crippen molar-refractivity contribution < 1.29 is 4.79 Å². The van der Waals surface area contributed by atoms with Crippen molar-refractivity contribution in [2.45, 2.75) is 58.5 Å². The van der Waals surface area contributed by atoms with Crippen molar-refractivity contribution >= 4 is 27.5 Å². The Balaban J connectivity index is 1.55. The van der Waals surface area contributed by atoms with Crippen LogP contribution in [0.3, 0.4) is 0 Å². The molecular weight excluding hydrogens is 370 g/mol. The molecule has 4 rings (SSSR count). The maximum atomic E-state index is 13.0. The van der Waals surface area contributed by atoms with Gasteiger partial charge in [-0.25, -0.2) is 4.98 Å². The van der Waals surface area contributed by atoms with Gasteiger partial charge in [0, 0.05) is 4.88 Å². The summed E-state index contributed by atoms with van der Waals surface area (Å²) in [5.41, 5.74) is 3.33. The molecule has 1 atom stereocenters. The lowest BCUT2D eigenvalue weighted by Crippen LogP contribution is -2.34. The van der Waals surface area contributed by atoms with Gasteiger partial charge < -0.3 is 5.32 Å². The van der Waals surface area contributed by atoms with Gasteiger partial charge >= 0.3 is 0 Å². The standard InChI is InChI=1S/C22H25N3O2S/c1-3-17(15-10-8-14(2)9-11-15)24-19(26)12-25-13-23-21-20(22(25)27)16-6-4-5-7-18(16)28-21/h8-11,13,17H,3-7,12H2,1-2H3,(H,24,26)/t17-/m1/s1. The molecule has 1 aliphatic rings. The molecule has 0 fully saturated rings. The number of nitrogens with one attached hydrogen (secondary N) is 1. The van der Waals surface area contributed by atoms with Crippen LogP contribution in [0, 0.1) is 6.92 Å². The van der Waals surface area contributed by atoms with Crippen LogP contribution in [0.2, 0.25) is 0 Å². The number of benzene rings is 1. The molecule has 28 heavy (non-hydrogen) atoms. The summed E-state index contributed by atoms with van der Waals surface area (Å²) in [4.78, 5) is 32.2. The van der Waals surface area contributed by atoms with Crippen LogP contribution in [0.4, 0.5) is 0 Å². The van der Waals surface area contributed by atoms with Crippen molar-refractivity contribution in [3.05, 3.63) is 62.5 Å². The number of amides is 1. The van der Waals surface area contributed by atoms with Gasteiger partial charge in [-0.1, -0.05) is 36.8 Å². The molecule has 3 aromatic rings. The lowest BCUT2D eigenvalue weighted by molar-refractivity contribution is -0.122. The molecule has 146 valence electrons. The normalized spacial score (nSPS) is 14.6. The number of carbonyl (C=O) groups excluding carboxylic acids is 1. The van der Waals surface area contributed by atoms with Crippen LogP contribution in [-0.2, 0) is 24.2 Å². The molecular formula is C22H25N3O2S. The highest BCUT2D eigenvalue weighted by molar-refractivity contribution is 7.18. The predicted octanol–water partition coefficient (Wildman–Crippen LogP) is 3.91. The average Bonchev–Trinajstić information content (AvgIpc) is 3.08. The highest BCUT2D eigenvalue weighted by Crippen LogP contribution is 2.33. The molecule has 0 spiro atoms. The first-order valence-corrected chi connectivity index (χ1v) is 10.7. The first kappa shape index (κ1) is 18.9. The Bertz CT molecular complexity index is 1070. The van der Waals surface area contributed by atoms with Crippen LogP contribution in [0.5, 0.6) is 0 Å². The fourth-order valence-corrected chi connectivity index (χ4v) is 5.13. The maximum absolute atomic E-state index is 13.0. The van der Waals surface area contributed by atoms with Gasteiger partial charge in [-0.15, -0.1) is 11.3 Å². The molecule has 2 aromatic heterocycles. The Hall–Kier alpha value is -2.47. The van der Waals surface area contributed by atoms with E-state index in [9.17, 15) is 9.59 Å². The molecule has 1 aromatic carbocycles. The number of thiophene rings is 1. The van der Waals surface area contributed by atoms with Gasteiger partial charge in [0.15, 0.2) is 0 Å². The number of hydrogen-bond donors (Lipinski definition) is 1. The third kappa shape index (κ3) is 3.61. The van der Waals surface area contributed by atoms with Crippen LogP contribution in [0.25, 0.3) is 10.2 Å². The summed E-state index contributed by atoms with van der Waals surface area (Å²) in [6.07, 6.45) is 6.56. The van der Waals surface area contributed by atoms with Gasteiger partial charge in [-0.3, -0.25) is 14.2 Å². The molecule has 1 N–H and O–H groups in total. The van der Waals surface area contributed by atoms with Gasteiger partial charge in [0.05, 0.1) is 17.8 Å². The number of carbonyl (C=O) groups is 1. The fourth-order valence-electron chi connectivity index (χ4n) is 3.91. The third-order valence-corrected chi connectivity index (χ3v) is 6.68. The summed E-state index contributed by atoms with van der Waals surface area (Å²) in [6.45, 7) is 4.08. The highest BCUT2D eigenvalue weighted by atomic mass is 32.1. The summed E-state index contributed by atoms with van der Waals surface area (Å²) in [7, 11) is 0. The number of rotatable bonds is 5. The van der Waals surface area contributed by atoms with Gasteiger partial charge in [0.1, 0.15) is 11.4 Å². The number of aryl methyl sites for hydroxylation is 3. The first-order chi connectivity index (χ1) is 13.6. The zero-order valence-corrected chi connectivity index (χ0v) is 17.1. The SMILES string of the molecule is CC[C@@H](NC(=O)Cn1cnc2sc3c(c2c1=O)CCCC3)c1ccc(C)cc1. The summed E-state index contributed by atoms with van der Waals surface area (Å²) >= 11 is 1.63. The monoisotopic (exact) mass is 395 g/mol. The largest absolute Gasteiger partial charge is 0.348 e. The number of aromatic nitrogens is 2. The van der Waals surface area contributed by atoms with E-state index in [1.165, 1.54) is 27.8 Å². The molecule has 5 nitrogen and oxygen atoms in total. The van der Waals surface area contributed by atoms with E-state index in [1.54, 1.807) is 11.3 Å². The van der Waals surface area contributed by atoms with Crippen LogP contribution < -0.4 is 10.9 Å². The molecule has 0 unspecified atom stereocenters. The van der Waals surface area contributed by atoms with Crippen molar-refractivity contribution in [3.63, 3.8) is 0 Å². The maximum Gasteiger partial charge on any atom is 0.262 e. The number of fused-ring (bicyclic) bond motifs is 3. The summed E-state index contributed by atoms with van der Waals surface area (Å²) < 4.78 is 1.45. The van der Waals surface area contributed by atoms with E-state index in [-0.39, 0.29) is 24.1 Å². The van der Waals surface area contributed by atoms with E-state index in [4.69, 9.17) is 0 Å². The van der Waals surface area contributed by atoms with Crippen molar-refractivity contribution in [1.82, 2.24) is 14.9 Å². The van der Waals surface area contributed by atoms with E-state index < -0.39 is 0 Å². The van der Waals surface area contributed by atoms with E-state index in [1.807, 2.05) is 38.1 Å². The molecule has 0 saturated heterocycles. The Labute approximate surface area is 168 Å². The van der Waals surface area contributed by atoms with E-state index in [0.29, 0.717) is 0 Å². The number of hydrogen-bond acceptors (Lipinski definition) is 4. The Morgan fingerprint density at radius 2 is 2.00 bits per heavy atom. The minimum atomic E-state index is -0.167. The second-order valence-electron chi connectivity index (χ2n) is 7.51. The van der Waals surface area contributed by atoms with E-state index >= 15 is 0 Å². The molecule has 0 radical (unpaired) electrons. The van der Waals surface area contributed by atoms with Gasteiger partial charge in [-0.05, 0) is 50.2 Å². The van der Waals surface area contributed by atoms with Crippen LogP contribution in [0.15, 0.2) is 35.4 Å². The molecule has 0 saturated carbocycles. The molecule has 0 bridgehead atoms. The smallest absolute Gasteiger partial charge is 0.262 e. The fraction of sp³-hybridized carbons (Fsp3) is 0.409. The van der Waals surface area contributed by atoms with Gasteiger partial charge in [-0.2, -0.15) is 0 Å². The molecule has 0 aliphatic heterocycles. The van der Waals surface area contributed by atoms with Crippen molar-refractivity contribution in [3.8, 4) is 0 Å². The highest BCUT2D eigenvalue weighted by Gasteiger charge is 2.21. The molecule has 1 amide bonds. The van der Waals surface area contributed by atoms with E-state index in [2.05, 4.69) is 10.3 Å². The summed E-state index contributed by atoms with van der Waals surface area (Å²) in [6, 6.07) is 8.12. The quantitative estimate of drug-likeness (QED) is 0.712. The second kappa shape index (κ2) is 7.87. The summed E-state index contributed by atoms with van der Waals surface area (Å²) in [5, 5.41) is 3.78. The van der Waals surface area contributed by atoms with Crippen LogP contribution in [0.1, 0.15) is 53.8 Å². The lowest BCUT2D eigenvalue weighted by atomic mass is 9.97. The van der Waals surface area contributed by atoms with E-state index in [0.717, 1.165) is 47.0 Å². The lowest BCUT2D eigenvalue weighted by Gasteiger charge is -2.18. The first-order valence-electron chi connectivity index (χ1n) is 9.92. The molecule has 1 aliphatic carbocycles. The third-order valence-electron chi connectivity index (χ3n) is 5.48. The zero-order valence-electron chi connectivity index (χ0n) is 16.3. The van der Waals surface area contributed by atoms with Gasteiger partial charge in [0.25, 0.3) is 5.56 Å². The zero-order chi connectivity index (χ0) is 19.7. The average molecular weight is 396 g/mol. The van der Waals surface area contributed by atoms with Crippen molar-refractivity contribution in [2.75, 3.05) is 0 Å². The van der Waals surface area contributed by atoms with Crippen molar-refractivity contribution in [2.24, 2.45) is 0 Å². The minimum Gasteiger partial charge on any atom is -0.348 e. The number of nitrogens with zero attached hydrogens (tertiary/aromatic N) is 2. The topological polar surface area (TPSA) is 64.0 Å². The van der Waals surface area contributed by atoms with Gasteiger partial charge in [0.2, 0.25) is 5.91 Å². The van der Waals surface area contributed by atoms with Crippen molar-refractivity contribution in [1.29, 1.82) is 0 Å². The Kier molecular flexibility index (Phi) is 5.31.